The number of allylic oxidation sites excluding steroid dienone is 1. The van der Waals surface area contributed by atoms with Gasteiger partial charge in [-0.3, -0.25) is 4.57 Å². The van der Waals surface area contributed by atoms with Gasteiger partial charge < -0.3 is 0 Å². The molecule has 0 aliphatic carbocycles. The molecular formula is C16H16N2OS. The first kappa shape index (κ1) is 14.3. The summed E-state index contributed by atoms with van der Waals surface area (Å²) in [4.78, 5) is 15.8. The largest absolute Gasteiger partial charge is 0.352 e. The molecule has 102 valence electrons. The van der Waals surface area contributed by atoms with Crippen LogP contribution in [0.4, 0.5) is 0 Å². The van der Waals surface area contributed by atoms with Gasteiger partial charge in [-0.05, 0) is 18.1 Å². The predicted octanol–water partition coefficient (Wildman–Crippen LogP) is 3.23. The van der Waals surface area contributed by atoms with Gasteiger partial charge in [-0.1, -0.05) is 42.5 Å². The minimum absolute atomic E-state index is 0.261. The molecule has 4 heteroatoms. The molecule has 1 aromatic carbocycles. The van der Waals surface area contributed by atoms with Crippen LogP contribution in [0, 0.1) is 0 Å². The van der Waals surface area contributed by atoms with Crippen LogP contribution in [0.15, 0.2) is 71.1 Å². The maximum atomic E-state index is 11.8. The second kappa shape index (κ2) is 7.50. The summed E-state index contributed by atoms with van der Waals surface area (Å²) in [6, 6.07) is 11.9. The predicted molar refractivity (Wildman–Crippen MR) is 84.9 cm³/mol. The number of rotatable bonds is 6. The Balaban J connectivity index is 2.02. The molecule has 20 heavy (non-hydrogen) atoms. The van der Waals surface area contributed by atoms with Gasteiger partial charge in [0.2, 0.25) is 0 Å². The minimum atomic E-state index is -0.261. The van der Waals surface area contributed by atoms with Crippen LogP contribution >= 0.6 is 11.8 Å². The molecule has 1 heterocycles. The lowest BCUT2D eigenvalue weighted by Crippen LogP contribution is -2.18. The maximum absolute atomic E-state index is 11.8. The summed E-state index contributed by atoms with van der Waals surface area (Å²) in [7, 11) is 0. The van der Waals surface area contributed by atoms with Crippen LogP contribution in [0.1, 0.15) is 5.56 Å². The van der Waals surface area contributed by atoms with Crippen LogP contribution < -0.4 is 5.69 Å². The molecule has 2 rings (SSSR count). The molecule has 0 fully saturated rings. The highest BCUT2D eigenvalue weighted by Gasteiger charge is 1.97. The van der Waals surface area contributed by atoms with Crippen LogP contribution in [0.5, 0.6) is 0 Å². The number of benzene rings is 1. The molecule has 0 N–H and O–H groups in total. The van der Waals surface area contributed by atoms with Gasteiger partial charge in [0.1, 0.15) is 5.03 Å². The molecule has 0 aliphatic heterocycles. The highest BCUT2D eigenvalue weighted by Crippen LogP contribution is 2.12. The van der Waals surface area contributed by atoms with Crippen LogP contribution in [0.3, 0.4) is 0 Å². The Hall–Kier alpha value is -2.07. The van der Waals surface area contributed by atoms with Gasteiger partial charge in [0, 0.05) is 18.1 Å². The van der Waals surface area contributed by atoms with Crippen LogP contribution in [0.25, 0.3) is 6.20 Å². The van der Waals surface area contributed by atoms with Gasteiger partial charge in [0.05, 0.1) is 0 Å². The van der Waals surface area contributed by atoms with Crippen LogP contribution in [-0.4, -0.2) is 15.3 Å². The monoisotopic (exact) mass is 284 g/mol. The van der Waals surface area contributed by atoms with E-state index in [4.69, 9.17) is 0 Å². The lowest BCUT2D eigenvalue weighted by atomic mass is 10.1. The van der Waals surface area contributed by atoms with Crippen molar-refractivity contribution >= 4 is 18.0 Å². The molecule has 0 spiro atoms. The van der Waals surface area contributed by atoms with E-state index >= 15 is 0 Å². The molecule has 0 amide bonds. The van der Waals surface area contributed by atoms with E-state index in [9.17, 15) is 4.79 Å². The van der Waals surface area contributed by atoms with E-state index in [0.29, 0.717) is 0 Å². The smallest absolute Gasteiger partial charge is 0.275 e. The van der Waals surface area contributed by atoms with Crippen molar-refractivity contribution in [3.63, 3.8) is 0 Å². The van der Waals surface area contributed by atoms with E-state index in [0.717, 1.165) is 17.2 Å². The zero-order chi connectivity index (χ0) is 14.2. The fourth-order valence-corrected chi connectivity index (χ4v) is 2.24. The van der Waals surface area contributed by atoms with Crippen LogP contribution in [-0.2, 0) is 6.42 Å². The second-order valence-electron chi connectivity index (χ2n) is 4.13. The van der Waals surface area contributed by atoms with E-state index in [-0.39, 0.29) is 5.69 Å². The highest BCUT2D eigenvalue weighted by molar-refractivity contribution is 7.99. The van der Waals surface area contributed by atoms with Crippen molar-refractivity contribution in [2.45, 2.75) is 11.4 Å². The first-order valence-electron chi connectivity index (χ1n) is 6.33. The first-order valence-corrected chi connectivity index (χ1v) is 7.31. The van der Waals surface area contributed by atoms with Crippen molar-refractivity contribution in [1.82, 2.24) is 9.55 Å². The van der Waals surface area contributed by atoms with Crippen molar-refractivity contribution in [2.24, 2.45) is 0 Å². The quantitative estimate of drug-likeness (QED) is 0.464. The SMILES string of the molecule is C=CCSc1ccn(/C=C/Cc2ccccc2)c(=O)n1. The van der Waals surface area contributed by atoms with E-state index in [2.05, 4.69) is 23.7 Å². The average Bonchev–Trinajstić information content (AvgIpc) is 2.48. The molecular weight excluding hydrogens is 268 g/mol. The van der Waals surface area contributed by atoms with Gasteiger partial charge in [0.25, 0.3) is 0 Å². The third kappa shape index (κ3) is 4.24. The Morgan fingerprint density at radius 2 is 2.05 bits per heavy atom. The number of hydrogen-bond donors (Lipinski definition) is 0. The van der Waals surface area contributed by atoms with Gasteiger partial charge in [-0.25, -0.2) is 4.79 Å². The van der Waals surface area contributed by atoms with Gasteiger partial charge >= 0.3 is 5.69 Å². The van der Waals surface area contributed by atoms with E-state index in [1.807, 2.05) is 30.3 Å². The Morgan fingerprint density at radius 1 is 1.25 bits per heavy atom. The third-order valence-electron chi connectivity index (χ3n) is 2.62. The Kier molecular flexibility index (Phi) is 5.38. The molecule has 0 atom stereocenters. The summed E-state index contributed by atoms with van der Waals surface area (Å²) in [5.41, 5.74) is 0.950. The molecule has 0 unspecified atom stereocenters. The first-order chi connectivity index (χ1) is 9.79. The standard InChI is InChI=1S/C16H16N2OS/c1-2-13-20-15-10-12-18(16(19)17-15)11-6-9-14-7-4-3-5-8-14/h2-8,10-12H,1,9,13H2/b11-6+. The lowest BCUT2D eigenvalue weighted by Gasteiger charge is -2.00. The zero-order valence-corrected chi connectivity index (χ0v) is 11.9. The lowest BCUT2D eigenvalue weighted by molar-refractivity contribution is 0.899. The van der Waals surface area contributed by atoms with Gasteiger partial charge in [-0.2, -0.15) is 4.98 Å². The summed E-state index contributed by atoms with van der Waals surface area (Å²) in [6.07, 6.45) is 8.03. The molecule has 1 aromatic heterocycles. The van der Waals surface area contributed by atoms with Crippen LogP contribution in [0.2, 0.25) is 0 Å². The summed E-state index contributed by atoms with van der Waals surface area (Å²) in [5.74, 6) is 0.750. The number of hydrogen-bond acceptors (Lipinski definition) is 3. The summed E-state index contributed by atoms with van der Waals surface area (Å²) in [6.45, 7) is 3.64. The van der Waals surface area contributed by atoms with E-state index in [1.54, 1.807) is 18.5 Å². The van der Waals surface area contributed by atoms with E-state index < -0.39 is 0 Å². The molecule has 2 aromatic rings. The van der Waals surface area contributed by atoms with Crippen molar-refractivity contribution in [1.29, 1.82) is 0 Å². The number of nitrogens with zero attached hydrogens (tertiary/aromatic N) is 2. The summed E-state index contributed by atoms with van der Waals surface area (Å²) < 4.78 is 1.49. The van der Waals surface area contributed by atoms with Gasteiger partial charge in [-0.15, -0.1) is 18.3 Å². The zero-order valence-electron chi connectivity index (χ0n) is 11.1. The number of thioether (sulfide) groups is 1. The average molecular weight is 284 g/mol. The van der Waals surface area contributed by atoms with Crippen molar-refractivity contribution in [3.8, 4) is 0 Å². The molecule has 0 saturated heterocycles. The summed E-state index contributed by atoms with van der Waals surface area (Å²) in [5, 5.41) is 0.725. The second-order valence-corrected chi connectivity index (χ2v) is 5.17. The Morgan fingerprint density at radius 3 is 2.75 bits per heavy atom. The third-order valence-corrected chi connectivity index (χ3v) is 3.54. The minimum Gasteiger partial charge on any atom is -0.275 e. The van der Waals surface area contributed by atoms with Crippen molar-refractivity contribution in [2.75, 3.05) is 5.75 Å². The van der Waals surface area contributed by atoms with E-state index in [1.165, 1.54) is 21.9 Å². The molecule has 0 radical (unpaired) electrons. The maximum Gasteiger partial charge on any atom is 0.352 e. The molecule has 0 saturated carbocycles. The van der Waals surface area contributed by atoms with Gasteiger partial charge in [0.15, 0.2) is 0 Å². The fraction of sp³-hybridized carbons (Fsp3) is 0.125. The molecule has 0 bridgehead atoms. The Bertz CT molecular complexity index is 647. The topological polar surface area (TPSA) is 34.9 Å². The summed E-state index contributed by atoms with van der Waals surface area (Å²) >= 11 is 1.50. The number of aromatic nitrogens is 2. The normalized spacial score (nSPS) is 10.8. The Labute approximate surface area is 122 Å². The highest BCUT2D eigenvalue weighted by atomic mass is 32.2. The molecule has 3 nitrogen and oxygen atoms in total. The van der Waals surface area contributed by atoms with Crippen molar-refractivity contribution < 1.29 is 0 Å². The van der Waals surface area contributed by atoms with Crippen molar-refractivity contribution in [3.05, 3.63) is 77.4 Å². The fourth-order valence-electron chi connectivity index (χ4n) is 1.65. The molecule has 0 aliphatic rings.